The van der Waals surface area contributed by atoms with Crippen molar-refractivity contribution in [1.29, 1.82) is 0 Å². The van der Waals surface area contributed by atoms with Crippen LogP contribution in [0.5, 0.6) is 0 Å². The number of carbonyl (C=O) groups excluding carboxylic acids is 2. The Labute approximate surface area is 130 Å². The Morgan fingerprint density at radius 1 is 0.682 bits per heavy atom. The third kappa shape index (κ3) is 3.26. The molecule has 0 radical (unpaired) electrons. The zero-order valence-corrected chi connectivity index (χ0v) is 12.8. The molecule has 2 aliphatic heterocycles. The lowest BCUT2D eigenvalue weighted by molar-refractivity contribution is 0.0700. The monoisotopic (exact) mass is 302 g/mol. The zero-order chi connectivity index (χ0) is 15.4. The molecule has 1 aromatic heterocycles. The molecular weight excluding hydrogens is 280 g/mol. The van der Waals surface area contributed by atoms with Crippen LogP contribution in [0.15, 0.2) is 12.1 Å². The van der Waals surface area contributed by atoms with E-state index in [9.17, 15) is 9.59 Å². The quantitative estimate of drug-likeness (QED) is 0.834. The zero-order valence-electron chi connectivity index (χ0n) is 12.8. The highest BCUT2D eigenvalue weighted by Crippen LogP contribution is 2.14. The Balaban J connectivity index is 1.66. The molecular formula is C16H22N4O2. The van der Waals surface area contributed by atoms with Crippen LogP contribution in [0, 0.1) is 0 Å². The third-order valence-corrected chi connectivity index (χ3v) is 4.39. The number of rotatable bonds is 2. The molecule has 118 valence electrons. The molecule has 6 heteroatoms. The van der Waals surface area contributed by atoms with Crippen molar-refractivity contribution >= 4 is 11.8 Å². The Bertz CT molecular complexity index is 483. The van der Waals surface area contributed by atoms with Crippen molar-refractivity contribution in [2.75, 3.05) is 26.2 Å². The van der Waals surface area contributed by atoms with Crippen LogP contribution < -0.4 is 0 Å². The van der Waals surface area contributed by atoms with E-state index in [-0.39, 0.29) is 11.8 Å². The largest absolute Gasteiger partial charge is 0.337 e. The van der Waals surface area contributed by atoms with Crippen LogP contribution >= 0.6 is 0 Å². The highest BCUT2D eigenvalue weighted by atomic mass is 16.2. The van der Waals surface area contributed by atoms with E-state index in [4.69, 9.17) is 0 Å². The predicted octanol–water partition coefficient (Wildman–Crippen LogP) is 1.73. The summed E-state index contributed by atoms with van der Waals surface area (Å²) >= 11 is 0. The van der Waals surface area contributed by atoms with Crippen molar-refractivity contribution in [2.45, 2.75) is 38.5 Å². The Morgan fingerprint density at radius 3 is 1.36 bits per heavy atom. The number of aromatic nitrogens is 2. The molecule has 3 heterocycles. The maximum Gasteiger partial charge on any atom is 0.274 e. The van der Waals surface area contributed by atoms with E-state index in [2.05, 4.69) is 10.2 Å². The van der Waals surface area contributed by atoms with Gasteiger partial charge in [0, 0.05) is 26.2 Å². The minimum Gasteiger partial charge on any atom is -0.337 e. The van der Waals surface area contributed by atoms with Crippen molar-refractivity contribution in [2.24, 2.45) is 0 Å². The number of piperidine rings is 2. The standard InChI is InChI=1S/C16H22N4O2/c21-15(19-9-3-1-4-10-19)13-7-8-14(18-17-13)16(22)20-11-5-2-6-12-20/h7-8H,1-6,9-12H2. The summed E-state index contributed by atoms with van der Waals surface area (Å²) in [5.74, 6) is -0.159. The molecule has 2 saturated heterocycles. The first-order valence-corrected chi connectivity index (χ1v) is 8.18. The van der Waals surface area contributed by atoms with Crippen molar-refractivity contribution in [3.8, 4) is 0 Å². The van der Waals surface area contributed by atoms with Crippen molar-refractivity contribution < 1.29 is 9.59 Å². The normalized spacial score (nSPS) is 19.1. The van der Waals surface area contributed by atoms with Gasteiger partial charge in [0.1, 0.15) is 0 Å². The number of hydrogen-bond acceptors (Lipinski definition) is 4. The molecule has 2 aliphatic rings. The molecule has 2 fully saturated rings. The van der Waals surface area contributed by atoms with E-state index in [1.54, 1.807) is 12.1 Å². The van der Waals surface area contributed by atoms with E-state index >= 15 is 0 Å². The lowest BCUT2D eigenvalue weighted by Gasteiger charge is -2.27. The first-order chi connectivity index (χ1) is 10.8. The van der Waals surface area contributed by atoms with Crippen molar-refractivity contribution in [1.82, 2.24) is 20.0 Å². The second-order valence-corrected chi connectivity index (χ2v) is 6.01. The summed E-state index contributed by atoms with van der Waals surface area (Å²) in [7, 11) is 0. The van der Waals surface area contributed by atoms with Crippen LogP contribution in [0.3, 0.4) is 0 Å². The number of amides is 2. The first kappa shape index (κ1) is 14.9. The molecule has 0 unspecified atom stereocenters. The number of carbonyl (C=O) groups is 2. The average molecular weight is 302 g/mol. The third-order valence-electron chi connectivity index (χ3n) is 4.39. The van der Waals surface area contributed by atoms with Crippen LogP contribution in [0.1, 0.15) is 59.5 Å². The van der Waals surface area contributed by atoms with Gasteiger partial charge in [-0.25, -0.2) is 0 Å². The highest BCUT2D eigenvalue weighted by molar-refractivity contribution is 5.94. The fourth-order valence-corrected chi connectivity index (χ4v) is 3.08. The van der Waals surface area contributed by atoms with Gasteiger partial charge in [0.05, 0.1) is 0 Å². The van der Waals surface area contributed by atoms with Gasteiger partial charge in [0.15, 0.2) is 11.4 Å². The molecule has 0 N–H and O–H groups in total. The Hall–Kier alpha value is -1.98. The van der Waals surface area contributed by atoms with E-state index in [0.29, 0.717) is 11.4 Å². The van der Waals surface area contributed by atoms with Crippen molar-refractivity contribution in [3.05, 3.63) is 23.5 Å². The molecule has 0 aromatic carbocycles. The van der Waals surface area contributed by atoms with Crippen LogP contribution in [-0.2, 0) is 0 Å². The summed E-state index contributed by atoms with van der Waals surface area (Å²) in [6.45, 7) is 3.15. The number of hydrogen-bond donors (Lipinski definition) is 0. The smallest absolute Gasteiger partial charge is 0.274 e. The topological polar surface area (TPSA) is 66.4 Å². The molecule has 0 atom stereocenters. The summed E-state index contributed by atoms with van der Waals surface area (Å²) in [5, 5.41) is 7.96. The summed E-state index contributed by atoms with van der Waals surface area (Å²) in [6, 6.07) is 3.25. The minimum absolute atomic E-state index is 0.0795. The average Bonchev–Trinajstić information content (AvgIpc) is 2.62. The van der Waals surface area contributed by atoms with E-state index < -0.39 is 0 Å². The van der Waals surface area contributed by atoms with Gasteiger partial charge in [-0.2, -0.15) is 0 Å². The van der Waals surface area contributed by atoms with E-state index in [0.717, 1.165) is 51.9 Å². The maximum atomic E-state index is 12.3. The lowest BCUT2D eigenvalue weighted by atomic mass is 10.1. The predicted molar refractivity (Wildman–Crippen MR) is 81.5 cm³/mol. The molecule has 0 spiro atoms. The van der Waals surface area contributed by atoms with Gasteiger partial charge >= 0.3 is 0 Å². The van der Waals surface area contributed by atoms with Crippen LogP contribution in [0.25, 0.3) is 0 Å². The summed E-state index contributed by atoms with van der Waals surface area (Å²) in [4.78, 5) is 28.3. The molecule has 3 rings (SSSR count). The van der Waals surface area contributed by atoms with E-state index in [1.807, 2.05) is 9.80 Å². The molecule has 0 saturated carbocycles. The molecule has 1 aromatic rings. The molecule has 0 aliphatic carbocycles. The van der Waals surface area contributed by atoms with Gasteiger partial charge in [0.25, 0.3) is 11.8 Å². The fraction of sp³-hybridized carbons (Fsp3) is 0.625. The summed E-state index contributed by atoms with van der Waals surface area (Å²) in [6.07, 6.45) is 6.54. The highest BCUT2D eigenvalue weighted by Gasteiger charge is 2.22. The van der Waals surface area contributed by atoms with Gasteiger partial charge in [-0.3, -0.25) is 9.59 Å². The molecule has 6 nitrogen and oxygen atoms in total. The van der Waals surface area contributed by atoms with Crippen molar-refractivity contribution in [3.63, 3.8) is 0 Å². The maximum absolute atomic E-state index is 12.3. The van der Waals surface area contributed by atoms with E-state index in [1.165, 1.54) is 12.8 Å². The van der Waals surface area contributed by atoms with Gasteiger partial charge in [-0.05, 0) is 50.7 Å². The molecule has 0 bridgehead atoms. The van der Waals surface area contributed by atoms with Gasteiger partial charge < -0.3 is 9.80 Å². The Kier molecular flexibility index (Phi) is 4.65. The SMILES string of the molecule is O=C(c1ccc(C(=O)N2CCCCC2)nn1)N1CCCCC1. The summed E-state index contributed by atoms with van der Waals surface area (Å²) < 4.78 is 0. The second kappa shape index (κ2) is 6.85. The van der Waals surface area contributed by atoms with Gasteiger partial charge in [-0.15, -0.1) is 10.2 Å². The Morgan fingerprint density at radius 2 is 1.05 bits per heavy atom. The van der Waals surface area contributed by atoms with Gasteiger partial charge in [-0.1, -0.05) is 0 Å². The summed E-state index contributed by atoms with van der Waals surface area (Å²) in [5.41, 5.74) is 0.661. The van der Waals surface area contributed by atoms with Crippen LogP contribution in [0.2, 0.25) is 0 Å². The first-order valence-electron chi connectivity index (χ1n) is 8.18. The number of likely N-dealkylation sites (tertiary alicyclic amines) is 2. The second-order valence-electron chi connectivity index (χ2n) is 6.01. The fourth-order valence-electron chi connectivity index (χ4n) is 3.08. The minimum atomic E-state index is -0.0795. The number of nitrogens with zero attached hydrogens (tertiary/aromatic N) is 4. The van der Waals surface area contributed by atoms with Crippen LogP contribution in [0.4, 0.5) is 0 Å². The molecule has 2 amide bonds. The molecule has 22 heavy (non-hydrogen) atoms. The van der Waals surface area contributed by atoms with Gasteiger partial charge in [0.2, 0.25) is 0 Å². The lowest BCUT2D eigenvalue weighted by Crippen LogP contribution is -2.37. The van der Waals surface area contributed by atoms with Crippen LogP contribution in [-0.4, -0.2) is 58.0 Å².